The van der Waals surface area contributed by atoms with E-state index < -0.39 is 0 Å². The second kappa shape index (κ2) is 4.38. The molecule has 1 aromatic carbocycles. The lowest BCUT2D eigenvalue weighted by molar-refractivity contribution is -0.114. The lowest BCUT2D eigenvalue weighted by Crippen LogP contribution is -2.29. The highest BCUT2D eigenvalue weighted by atomic mass is 16.2. The van der Waals surface area contributed by atoms with Crippen molar-refractivity contribution >= 4 is 17.5 Å². The van der Waals surface area contributed by atoms with Crippen LogP contribution in [0.5, 0.6) is 0 Å². The molecule has 0 saturated carbocycles. The molecule has 14 heavy (non-hydrogen) atoms. The molecule has 0 spiro atoms. The molecule has 5 heteroatoms. The molecule has 1 rings (SSSR count). The molecule has 0 bridgehead atoms. The minimum atomic E-state index is -0.362. The number of benzene rings is 1. The molecule has 0 fully saturated rings. The van der Waals surface area contributed by atoms with Crippen LogP contribution in [0.4, 0.5) is 5.69 Å². The van der Waals surface area contributed by atoms with Crippen molar-refractivity contribution in [3.63, 3.8) is 0 Å². The summed E-state index contributed by atoms with van der Waals surface area (Å²) in [5.74, 6) is 4.44. The Morgan fingerprint density at radius 1 is 1.21 bits per heavy atom. The fourth-order valence-corrected chi connectivity index (χ4v) is 0.992. The number of nitrogens with two attached hydrogens (primary N) is 1. The maximum atomic E-state index is 11.0. The molecule has 4 N–H and O–H groups in total. The summed E-state index contributed by atoms with van der Waals surface area (Å²) in [6.45, 7) is 1.42. The van der Waals surface area contributed by atoms with Crippen molar-refractivity contribution in [2.24, 2.45) is 5.84 Å². The van der Waals surface area contributed by atoms with Crippen LogP contribution < -0.4 is 16.6 Å². The van der Waals surface area contributed by atoms with Crippen LogP contribution in [0.1, 0.15) is 17.3 Å². The Morgan fingerprint density at radius 2 is 1.79 bits per heavy atom. The highest BCUT2D eigenvalue weighted by molar-refractivity contribution is 5.95. The van der Waals surface area contributed by atoms with Gasteiger partial charge in [0.05, 0.1) is 0 Å². The fourth-order valence-electron chi connectivity index (χ4n) is 0.992. The predicted octanol–water partition coefficient (Wildman–Crippen LogP) is 0.248. The number of rotatable bonds is 2. The van der Waals surface area contributed by atoms with Crippen LogP contribution >= 0.6 is 0 Å². The third kappa shape index (κ3) is 2.56. The van der Waals surface area contributed by atoms with Crippen molar-refractivity contribution in [1.29, 1.82) is 0 Å². The Balaban J connectivity index is 2.78. The number of carbonyl (C=O) groups is 2. The summed E-state index contributed by atoms with van der Waals surface area (Å²) in [5.41, 5.74) is 3.11. The first-order valence-electron chi connectivity index (χ1n) is 4.02. The van der Waals surface area contributed by atoms with E-state index >= 15 is 0 Å². The van der Waals surface area contributed by atoms with Crippen LogP contribution in [0.15, 0.2) is 24.3 Å². The standard InChI is InChI=1S/C9H11N3O2/c1-6(13)11-8-4-2-7(3-5-8)9(14)12-10/h2-5H,10H2,1H3,(H,11,13)(H,12,14). The molecule has 0 aliphatic heterocycles. The van der Waals surface area contributed by atoms with E-state index in [1.165, 1.54) is 6.92 Å². The summed E-state index contributed by atoms with van der Waals surface area (Å²) in [7, 11) is 0. The van der Waals surface area contributed by atoms with Gasteiger partial charge in [-0.25, -0.2) is 5.84 Å². The maximum Gasteiger partial charge on any atom is 0.265 e. The molecule has 0 aliphatic carbocycles. The smallest absolute Gasteiger partial charge is 0.265 e. The van der Waals surface area contributed by atoms with Gasteiger partial charge in [0.25, 0.3) is 5.91 Å². The van der Waals surface area contributed by atoms with E-state index in [9.17, 15) is 9.59 Å². The molecule has 0 aliphatic rings. The molecular weight excluding hydrogens is 182 g/mol. The zero-order valence-electron chi connectivity index (χ0n) is 7.70. The van der Waals surface area contributed by atoms with Gasteiger partial charge >= 0.3 is 0 Å². The topological polar surface area (TPSA) is 84.2 Å². The number of amides is 2. The van der Waals surface area contributed by atoms with Gasteiger partial charge in [-0.3, -0.25) is 15.0 Å². The Morgan fingerprint density at radius 3 is 2.21 bits per heavy atom. The second-order valence-electron chi connectivity index (χ2n) is 2.73. The quantitative estimate of drug-likeness (QED) is 0.357. The largest absolute Gasteiger partial charge is 0.326 e. The average molecular weight is 193 g/mol. The van der Waals surface area contributed by atoms with Crippen molar-refractivity contribution < 1.29 is 9.59 Å². The van der Waals surface area contributed by atoms with Crippen molar-refractivity contribution in [1.82, 2.24) is 5.43 Å². The third-order valence-corrected chi connectivity index (χ3v) is 1.60. The minimum Gasteiger partial charge on any atom is -0.326 e. The van der Waals surface area contributed by atoms with Crippen LogP contribution in [0.25, 0.3) is 0 Å². The predicted molar refractivity (Wildman–Crippen MR) is 52.4 cm³/mol. The van der Waals surface area contributed by atoms with Crippen molar-refractivity contribution in [3.05, 3.63) is 29.8 Å². The first kappa shape index (κ1) is 10.2. The zero-order chi connectivity index (χ0) is 10.6. The van der Waals surface area contributed by atoms with Crippen LogP contribution in [0.2, 0.25) is 0 Å². The number of anilines is 1. The van der Waals surface area contributed by atoms with Gasteiger partial charge in [-0.15, -0.1) is 0 Å². The van der Waals surface area contributed by atoms with Gasteiger partial charge < -0.3 is 5.32 Å². The van der Waals surface area contributed by atoms with E-state index in [4.69, 9.17) is 5.84 Å². The second-order valence-corrected chi connectivity index (χ2v) is 2.73. The number of carbonyl (C=O) groups excluding carboxylic acids is 2. The lowest BCUT2D eigenvalue weighted by Gasteiger charge is -2.03. The monoisotopic (exact) mass is 193 g/mol. The zero-order valence-corrected chi connectivity index (χ0v) is 7.70. The summed E-state index contributed by atoms with van der Waals surface area (Å²) < 4.78 is 0. The third-order valence-electron chi connectivity index (χ3n) is 1.60. The van der Waals surface area contributed by atoms with E-state index in [-0.39, 0.29) is 11.8 Å². The van der Waals surface area contributed by atoms with E-state index in [0.717, 1.165) is 0 Å². The molecular formula is C9H11N3O2. The van der Waals surface area contributed by atoms with Gasteiger partial charge in [0.15, 0.2) is 0 Å². The number of nitrogen functional groups attached to an aromatic ring is 1. The van der Waals surface area contributed by atoms with Crippen LogP contribution in [0.3, 0.4) is 0 Å². The normalized spacial score (nSPS) is 9.29. The number of hydrogen-bond acceptors (Lipinski definition) is 3. The SMILES string of the molecule is CC(=O)Nc1ccc(C(=O)NN)cc1. The molecule has 2 amide bonds. The summed E-state index contributed by atoms with van der Waals surface area (Å²) in [4.78, 5) is 21.7. The van der Waals surface area contributed by atoms with Crippen molar-refractivity contribution in [2.45, 2.75) is 6.92 Å². The summed E-state index contributed by atoms with van der Waals surface area (Å²) in [6, 6.07) is 6.42. The van der Waals surface area contributed by atoms with Gasteiger partial charge in [-0.2, -0.15) is 0 Å². The Hall–Kier alpha value is -1.88. The molecule has 5 nitrogen and oxygen atoms in total. The van der Waals surface area contributed by atoms with Crippen LogP contribution in [-0.2, 0) is 4.79 Å². The maximum absolute atomic E-state index is 11.0. The lowest BCUT2D eigenvalue weighted by atomic mass is 10.2. The highest BCUT2D eigenvalue weighted by Crippen LogP contribution is 2.08. The Bertz CT molecular complexity index is 346. The van der Waals surface area contributed by atoms with Gasteiger partial charge in [0.2, 0.25) is 5.91 Å². The van der Waals surface area contributed by atoms with Crippen molar-refractivity contribution in [3.8, 4) is 0 Å². The van der Waals surface area contributed by atoms with Gasteiger partial charge in [-0.05, 0) is 24.3 Å². The first-order valence-corrected chi connectivity index (χ1v) is 4.02. The van der Waals surface area contributed by atoms with E-state index in [1.54, 1.807) is 24.3 Å². The molecule has 0 radical (unpaired) electrons. The summed E-state index contributed by atoms with van der Waals surface area (Å²) in [5, 5.41) is 2.59. The Labute approximate surface area is 81.3 Å². The highest BCUT2D eigenvalue weighted by Gasteiger charge is 2.02. The summed E-state index contributed by atoms with van der Waals surface area (Å²) >= 11 is 0. The van der Waals surface area contributed by atoms with Gasteiger partial charge in [0.1, 0.15) is 0 Å². The molecule has 0 aromatic heterocycles. The molecule has 0 heterocycles. The van der Waals surface area contributed by atoms with Crippen LogP contribution in [-0.4, -0.2) is 11.8 Å². The Kier molecular flexibility index (Phi) is 3.19. The number of nitrogens with one attached hydrogen (secondary N) is 2. The molecule has 0 atom stereocenters. The molecule has 74 valence electrons. The first-order chi connectivity index (χ1) is 6.63. The average Bonchev–Trinajstić information content (AvgIpc) is 2.17. The van der Waals surface area contributed by atoms with E-state index in [0.29, 0.717) is 11.3 Å². The van der Waals surface area contributed by atoms with Gasteiger partial charge in [0, 0.05) is 18.2 Å². The minimum absolute atomic E-state index is 0.152. The van der Waals surface area contributed by atoms with Gasteiger partial charge in [-0.1, -0.05) is 0 Å². The fraction of sp³-hybridized carbons (Fsp3) is 0.111. The van der Waals surface area contributed by atoms with Crippen LogP contribution in [0, 0.1) is 0 Å². The number of hydrogen-bond donors (Lipinski definition) is 3. The summed E-state index contributed by atoms with van der Waals surface area (Å²) in [6.07, 6.45) is 0. The molecule has 0 saturated heterocycles. The van der Waals surface area contributed by atoms with E-state index in [1.807, 2.05) is 5.43 Å². The van der Waals surface area contributed by atoms with Crippen molar-refractivity contribution in [2.75, 3.05) is 5.32 Å². The van der Waals surface area contributed by atoms with E-state index in [2.05, 4.69) is 5.32 Å². The molecule has 1 aromatic rings. The molecule has 0 unspecified atom stereocenters. The number of hydrazine groups is 1.